The number of hydrogen-bond donors (Lipinski definition) is 1. The first kappa shape index (κ1) is 12.7. The molecule has 0 aromatic heterocycles. The van der Waals surface area contributed by atoms with Gasteiger partial charge >= 0.3 is 6.09 Å². The number of amides is 1. The van der Waals surface area contributed by atoms with Gasteiger partial charge in [-0.25, -0.2) is 4.79 Å². The Morgan fingerprint density at radius 1 is 1.06 bits per heavy atom. The van der Waals surface area contributed by atoms with Crippen molar-refractivity contribution >= 4 is 6.09 Å². The van der Waals surface area contributed by atoms with Crippen molar-refractivity contribution < 1.29 is 9.90 Å². The first-order valence-corrected chi connectivity index (χ1v) is 6.91. The van der Waals surface area contributed by atoms with Gasteiger partial charge in [0.2, 0.25) is 0 Å². The number of likely N-dealkylation sites (tertiary alicyclic amines) is 2. The Morgan fingerprint density at radius 2 is 1.53 bits per heavy atom. The minimum Gasteiger partial charge on any atom is -0.465 e. The maximum atomic E-state index is 10.8. The van der Waals surface area contributed by atoms with E-state index in [-0.39, 0.29) is 0 Å². The summed E-state index contributed by atoms with van der Waals surface area (Å²) in [5.41, 5.74) is 0. The third-order valence-electron chi connectivity index (χ3n) is 4.56. The number of carbonyl (C=O) groups is 1. The Morgan fingerprint density at radius 3 is 1.94 bits per heavy atom. The van der Waals surface area contributed by atoms with Crippen LogP contribution in [0.25, 0.3) is 0 Å². The van der Waals surface area contributed by atoms with Crippen LogP contribution in [0.3, 0.4) is 0 Å². The molecule has 2 rings (SSSR count). The van der Waals surface area contributed by atoms with Crippen molar-refractivity contribution in [1.82, 2.24) is 9.80 Å². The fourth-order valence-electron chi connectivity index (χ4n) is 3.30. The SMILES string of the molecule is CCN1CCC(C2CCN(C(=O)O)CC2)CC1. The fraction of sp³-hybridized carbons (Fsp3) is 0.923. The van der Waals surface area contributed by atoms with Crippen LogP contribution in [0.15, 0.2) is 0 Å². The zero-order valence-electron chi connectivity index (χ0n) is 10.8. The van der Waals surface area contributed by atoms with Crippen molar-refractivity contribution in [3.8, 4) is 0 Å². The molecule has 0 bridgehead atoms. The lowest BCUT2D eigenvalue weighted by molar-refractivity contribution is 0.0894. The average Bonchev–Trinajstić information content (AvgIpc) is 2.39. The number of rotatable bonds is 2. The Bertz CT molecular complexity index is 254. The molecule has 4 nitrogen and oxygen atoms in total. The van der Waals surface area contributed by atoms with E-state index in [0.717, 1.165) is 37.8 Å². The summed E-state index contributed by atoms with van der Waals surface area (Å²) in [5, 5.41) is 8.92. The second-order valence-electron chi connectivity index (χ2n) is 5.38. The smallest absolute Gasteiger partial charge is 0.407 e. The van der Waals surface area contributed by atoms with Gasteiger partial charge in [0.15, 0.2) is 0 Å². The molecule has 0 aromatic rings. The van der Waals surface area contributed by atoms with Gasteiger partial charge in [0.25, 0.3) is 0 Å². The third kappa shape index (κ3) is 3.12. The summed E-state index contributed by atoms with van der Waals surface area (Å²) in [6, 6.07) is 0. The molecule has 2 fully saturated rings. The Hall–Kier alpha value is -0.770. The molecule has 1 N–H and O–H groups in total. The minimum absolute atomic E-state index is 0.744. The van der Waals surface area contributed by atoms with E-state index in [2.05, 4.69) is 11.8 Å². The lowest BCUT2D eigenvalue weighted by Gasteiger charge is -2.39. The van der Waals surface area contributed by atoms with Crippen molar-refractivity contribution in [2.45, 2.75) is 32.6 Å². The summed E-state index contributed by atoms with van der Waals surface area (Å²) in [5.74, 6) is 1.61. The second kappa shape index (κ2) is 5.71. The topological polar surface area (TPSA) is 43.8 Å². The van der Waals surface area contributed by atoms with E-state index >= 15 is 0 Å². The Labute approximate surface area is 104 Å². The van der Waals surface area contributed by atoms with Crippen molar-refractivity contribution in [2.75, 3.05) is 32.7 Å². The summed E-state index contributed by atoms with van der Waals surface area (Å²) < 4.78 is 0. The quantitative estimate of drug-likeness (QED) is 0.804. The molecule has 0 radical (unpaired) electrons. The van der Waals surface area contributed by atoms with Gasteiger partial charge < -0.3 is 14.9 Å². The highest BCUT2D eigenvalue weighted by Gasteiger charge is 2.30. The van der Waals surface area contributed by atoms with Crippen molar-refractivity contribution in [3.63, 3.8) is 0 Å². The zero-order chi connectivity index (χ0) is 12.3. The lowest BCUT2D eigenvalue weighted by atomic mass is 9.79. The normalized spacial score (nSPS) is 25.1. The molecule has 0 atom stereocenters. The lowest BCUT2D eigenvalue weighted by Crippen LogP contribution is -2.42. The zero-order valence-corrected chi connectivity index (χ0v) is 10.8. The molecular weight excluding hydrogens is 216 g/mol. The van der Waals surface area contributed by atoms with E-state index in [1.54, 1.807) is 4.90 Å². The molecule has 4 heteroatoms. The highest BCUT2D eigenvalue weighted by atomic mass is 16.4. The summed E-state index contributed by atoms with van der Waals surface area (Å²) in [6.45, 7) is 7.36. The molecule has 0 unspecified atom stereocenters. The second-order valence-corrected chi connectivity index (χ2v) is 5.38. The maximum absolute atomic E-state index is 10.8. The molecule has 2 saturated heterocycles. The molecule has 0 saturated carbocycles. The van der Waals surface area contributed by atoms with Gasteiger partial charge in [-0.3, -0.25) is 0 Å². The molecule has 0 spiro atoms. The van der Waals surface area contributed by atoms with Crippen LogP contribution < -0.4 is 0 Å². The number of nitrogens with zero attached hydrogens (tertiary/aromatic N) is 2. The highest BCUT2D eigenvalue weighted by molar-refractivity contribution is 5.64. The third-order valence-corrected chi connectivity index (χ3v) is 4.56. The molecule has 0 aromatic carbocycles. The molecular formula is C13H24N2O2. The van der Waals surface area contributed by atoms with Gasteiger partial charge in [-0.2, -0.15) is 0 Å². The van der Waals surface area contributed by atoms with Crippen LogP contribution in [-0.2, 0) is 0 Å². The van der Waals surface area contributed by atoms with Gasteiger partial charge in [0.1, 0.15) is 0 Å². The standard InChI is InChI=1S/C13H24N2O2/c1-2-14-7-3-11(4-8-14)12-5-9-15(10-6-12)13(16)17/h11-12H,2-10H2,1H3,(H,16,17). The summed E-state index contributed by atoms with van der Waals surface area (Å²) in [4.78, 5) is 14.9. The van der Waals surface area contributed by atoms with Crippen LogP contribution in [0, 0.1) is 11.8 Å². The largest absolute Gasteiger partial charge is 0.465 e. The maximum Gasteiger partial charge on any atom is 0.407 e. The van der Waals surface area contributed by atoms with E-state index in [0.29, 0.717) is 0 Å². The van der Waals surface area contributed by atoms with E-state index in [4.69, 9.17) is 5.11 Å². The van der Waals surface area contributed by atoms with E-state index in [9.17, 15) is 4.79 Å². The average molecular weight is 240 g/mol. The molecule has 17 heavy (non-hydrogen) atoms. The Balaban J connectivity index is 1.76. The van der Waals surface area contributed by atoms with Gasteiger partial charge in [-0.15, -0.1) is 0 Å². The number of carboxylic acid groups (broad SMARTS) is 1. The molecule has 2 heterocycles. The van der Waals surface area contributed by atoms with Crippen molar-refractivity contribution in [3.05, 3.63) is 0 Å². The van der Waals surface area contributed by atoms with E-state index in [1.165, 1.54) is 32.5 Å². The number of piperidine rings is 2. The molecule has 0 aliphatic carbocycles. The monoisotopic (exact) mass is 240 g/mol. The molecule has 2 aliphatic heterocycles. The van der Waals surface area contributed by atoms with Gasteiger partial charge in [-0.05, 0) is 57.2 Å². The van der Waals surface area contributed by atoms with Crippen LogP contribution >= 0.6 is 0 Å². The van der Waals surface area contributed by atoms with Crippen LogP contribution in [0.1, 0.15) is 32.6 Å². The van der Waals surface area contributed by atoms with Crippen LogP contribution in [0.5, 0.6) is 0 Å². The Kier molecular flexibility index (Phi) is 4.26. The van der Waals surface area contributed by atoms with E-state index < -0.39 is 6.09 Å². The molecule has 98 valence electrons. The fourth-order valence-corrected chi connectivity index (χ4v) is 3.30. The predicted octanol–water partition coefficient (Wildman–Crippen LogP) is 2.11. The minimum atomic E-state index is -0.746. The summed E-state index contributed by atoms with van der Waals surface area (Å²) in [6.07, 6.45) is 4.02. The van der Waals surface area contributed by atoms with Crippen LogP contribution in [-0.4, -0.2) is 53.7 Å². The van der Waals surface area contributed by atoms with Gasteiger partial charge in [0, 0.05) is 13.1 Å². The highest BCUT2D eigenvalue weighted by Crippen LogP contribution is 2.32. The van der Waals surface area contributed by atoms with E-state index in [1.807, 2.05) is 0 Å². The van der Waals surface area contributed by atoms with Gasteiger partial charge in [-0.1, -0.05) is 6.92 Å². The number of hydrogen-bond acceptors (Lipinski definition) is 2. The van der Waals surface area contributed by atoms with Crippen molar-refractivity contribution in [1.29, 1.82) is 0 Å². The molecule has 1 amide bonds. The summed E-state index contributed by atoms with van der Waals surface area (Å²) >= 11 is 0. The van der Waals surface area contributed by atoms with Gasteiger partial charge in [0.05, 0.1) is 0 Å². The van der Waals surface area contributed by atoms with Crippen LogP contribution in [0.2, 0.25) is 0 Å². The molecule has 2 aliphatic rings. The van der Waals surface area contributed by atoms with Crippen molar-refractivity contribution in [2.24, 2.45) is 11.8 Å². The first-order valence-electron chi connectivity index (χ1n) is 6.91. The van der Waals surface area contributed by atoms with Crippen LogP contribution in [0.4, 0.5) is 4.79 Å². The predicted molar refractivity (Wildman–Crippen MR) is 67.2 cm³/mol. The first-order chi connectivity index (χ1) is 8.20. The summed E-state index contributed by atoms with van der Waals surface area (Å²) in [7, 11) is 0.